The molecule has 5 heteroatoms. The molecule has 0 saturated heterocycles. The number of hydrogen-bond acceptors (Lipinski definition) is 4. The van der Waals surface area contributed by atoms with Crippen LogP contribution in [0.1, 0.15) is 63.0 Å². The minimum atomic E-state index is -0.328. The zero-order valence-corrected chi connectivity index (χ0v) is 16.4. The summed E-state index contributed by atoms with van der Waals surface area (Å²) in [6.45, 7) is 12.5. The van der Waals surface area contributed by atoms with Gasteiger partial charge in [0.05, 0.1) is 0 Å². The van der Waals surface area contributed by atoms with Crippen molar-refractivity contribution in [3.63, 3.8) is 0 Å². The van der Waals surface area contributed by atoms with Gasteiger partial charge in [0.2, 0.25) is 0 Å². The van der Waals surface area contributed by atoms with Crippen molar-refractivity contribution in [1.82, 2.24) is 5.43 Å². The van der Waals surface area contributed by atoms with Gasteiger partial charge in [0.25, 0.3) is 5.91 Å². The number of phenolic OH excluding ortho intramolecular Hbond substituents is 1. The number of carbonyl (C=O) groups excluding carboxylic acids is 1. The van der Waals surface area contributed by atoms with E-state index >= 15 is 0 Å². The molecule has 2 rings (SSSR count). The fraction of sp³-hybridized carbons (Fsp3) is 0.381. The lowest BCUT2D eigenvalue weighted by molar-refractivity contribution is 0.0953. The van der Waals surface area contributed by atoms with Crippen molar-refractivity contribution in [2.24, 2.45) is 5.84 Å². The van der Waals surface area contributed by atoms with Gasteiger partial charge in [-0.15, -0.1) is 0 Å². The van der Waals surface area contributed by atoms with Gasteiger partial charge in [-0.25, -0.2) is 5.84 Å². The Hall–Kier alpha value is -2.53. The van der Waals surface area contributed by atoms with Gasteiger partial charge in [-0.2, -0.15) is 0 Å². The smallest absolute Gasteiger partial charge is 0.265 e. The Bertz CT molecular complexity index is 762. The molecule has 0 aliphatic heterocycles. The highest BCUT2D eigenvalue weighted by molar-refractivity contribution is 5.94. The van der Waals surface area contributed by atoms with E-state index in [1.807, 2.05) is 24.3 Å². The van der Waals surface area contributed by atoms with Gasteiger partial charge in [0.15, 0.2) is 0 Å². The molecule has 0 atom stereocenters. The molecule has 0 radical (unpaired) electrons. The van der Waals surface area contributed by atoms with Crippen molar-refractivity contribution in [2.45, 2.75) is 52.4 Å². The molecule has 0 aliphatic rings. The molecule has 0 fully saturated rings. The van der Waals surface area contributed by atoms with E-state index in [0.29, 0.717) is 11.3 Å². The summed E-state index contributed by atoms with van der Waals surface area (Å²) in [6, 6.07) is 11.0. The Morgan fingerprint density at radius 3 is 1.73 bits per heavy atom. The monoisotopic (exact) mass is 355 g/mol. The number of aromatic hydroxyl groups is 1. The molecule has 2 aromatic rings. The number of amides is 1. The van der Waals surface area contributed by atoms with E-state index < -0.39 is 0 Å². The summed E-state index contributed by atoms with van der Waals surface area (Å²) in [7, 11) is 0. The molecule has 0 spiro atoms. The van der Waals surface area contributed by atoms with Crippen molar-refractivity contribution in [3.05, 3.63) is 53.1 Å². The van der Waals surface area contributed by atoms with Gasteiger partial charge >= 0.3 is 0 Å². The fourth-order valence-electron chi connectivity index (χ4n) is 2.81. The minimum Gasteiger partial charge on any atom is -0.507 e. The lowest BCUT2D eigenvalue weighted by Crippen LogP contribution is -2.29. The summed E-state index contributed by atoms with van der Waals surface area (Å²) in [5, 5.41) is 14.2. The summed E-state index contributed by atoms with van der Waals surface area (Å²) in [5.41, 5.74) is 5.77. The number of hydrogen-bond donors (Lipinski definition) is 4. The third kappa shape index (κ3) is 4.35. The molecule has 140 valence electrons. The second-order valence-electron chi connectivity index (χ2n) is 8.60. The molecule has 26 heavy (non-hydrogen) atoms. The second-order valence-corrected chi connectivity index (χ2v) is 8.60. The lowest BCUT2D eigenvalue weighted by Gasteiger charge is -2.28. The predicted octanol–water partition coefficient (Wildman–Crippen LogP) is 4.33. The molecule has 2 aromatic carbocycles. The summed E-state index contributed by atoms with van der Waals surface area (Å²) in [5.74, 6) is 5.18. The van der Waals surface area contributed by atoms with Crippen LogP contribution in [-0.2, 0) is 10.8 Å². The first-order chi connectivity index (χ1) is 11.9. The Labute approximate surface area is 155 Å². The van der Waals surface area contributed by atoms with Crippen LogP contribution < -0.4 is 16.6 Å². The summed E-state index contributed by atoms with van der Waals surface area (Å²) in [6.07, 6.45) is 0. The van der Waals surface area contributed by atoms with Crippen LogP contribution in [0.5, 0.6) is 5.75 Å². The Balaban J connectivity index is 2.45. The number of nitrogens with two attached hydrogens (primary N) is 1. The maximum Gasteiger partial charge on any atom is 0.265 e. The van der Waals surface area contributed by atoms with E-state index in [9.17, 15) is 9.90 Å². The number of hydrazine groups is 1. The normalized spacial score (nSPS) is 12.0. The zero-order valence-electron chi connectivity index (χ0n) is 16.4. The molecule has 0 aliphatic carbocycles. The third-order valence-corrected chi connectivity index (χ3v) is 4.29. The van der Waals surface area contributed by atoms with Crippen LogP contribution in [0.2, 0.25) is 0 Å². The first-order valence-electron chi connectivity index (χ1n) is 8.69. The Morgan fingerprint density at radius 2 is 1.35 bits per heavy atom. The van der Waals surface area contributed by atoms with Crippen LogP contribution in [0.15, 0.2) is 36.4 Å². The standard InChI is InChI=1S/C21H29N3O2/c1-20(2,3)16-11-15(12-17(18(16)25)21(4,5)6)23-14-9-7-13(8-10-14)19(26)24-22/h7-12,23,25H,22H2,1-6H3,(H,24,26). The van der Waals surface area contributed by atoms with Gasteiger partial charge in [-0.3, -0.25) is 10.2 Å². The van der Waals surface area contributed by atoms with Gasteiger partial charge < -0.3 is 10.4 Å². The molecular weight excluding hydrogens is 326 g/mol. The maximum absolute atomic E-state index is 11.5. The van der Waals surface area contributed by atoms with Gasteiger partial charge in [0, 0.05) is 28.1 Å². The number of rotatable bonds is 3. The number of benzene rings is 2. The quantitative estimate of drug-likeness (QED) is 0.285. The second kappa shape index (κ2) is 7.00. The Morgan fingerprint density at radius 1 is 0.885 bits per heavy atom. The lowest BCUT2D eigenvalue weighted by atomic mass is 9.79. The van der Waals surface area contributed by atoms with Crippen molar-refractivity contribution in [3.8, 4) is 5.75 Å². The first kappa shape index (κ1) is 19.8. The van der Waals surface area contributed by atoms with E-state index in [1.165, 1.54) is 0 Å². The highest BCUT2D eigenvalue weighted by atomic mass is 16.3. The van der Waals surface area contributed by atoms with Crippen molar-refractivity contribution in [2.75, 3.05) is 5.32 Å². The largest absolute Gasteiger partial charge is 0.507 e. The number of carbonyl (C=O) groups is 1. The van der Waals surface area contributed by atoms with Crippen molar-refractivity contribution < 1.29 is 9.90 Å². The average Bonchev–Trinajstić information content (AvgIpc) is 2.54. The summed E-state index contributed by atoms with van der Waals surface area (Å²) in [4.78, 5) is 11.5. The number of nitrogen functional groups attached to an aromatic ring is 1. The third-order valence-electron chi connectivity index (χ3n) is 4.29. The summed E-state index contributed by atoms with van der Waals surface area (Å²) < 4.78 is 0. The fourth-order valence-corrected chi connectivity index (χ4v) is 2.81. The molecule has 0 heterocycles. The molecule has 0 saturated carbocycles. The van der Waals surface area contributed by atoms with Crippen molar-refractivity contribution >= 4 is 17.3 Å². The predicted molar refractivity (Wildman–Crippen MR) is 107 cm³/mol. The zero-order chi connectivity index (χ0) is 19.7. The molecule has 0 aromatic heterocycles. The number of anilines is 2. The molecule has 5 N–H and O–H groups in total. The van der Waals surface area contributed by atoms with Crippen LogP contribution >= 0.6 is 0 Å². The maximum atomic E-state index is 11.5. The molecule has 1 amide bonds. The van der Waals surface area contributed by atoms with E-state index in [1.54, 1.807) is 12.1 Å². The van der Waals surface area contributed by atoms with Gasteiger partial charge in [0.1, 0.15) is 5.75 Å². The van der Waals surface area contributed by atoms with Crippen LogP contribution in [0.25, 0.3) is 0 Å². The van der Waals surface area contributed by atoms with Crippen molar-refractivity contribution in [1.29, 1.82) is 0 Å². The van der Waals surface area contributed by atoms with Crippen LogP contribution in [0.4, 0.5) is 11.4 Å². The van der Waals surface area contributed by atoms with Gasteiger partial charge in [-0.1, -0.05) is 41.5 Å². The molecule has 0 bridgehead atoms. The topological polar surface area (TPSA) is 87.4 Å². The van der Waals surface area contributed by atoms with Gasteiger partial charge in [-0.05, 0) is 47.2 Å². The van der Waals surface area contributed by atoms with Crippen LogP contribution in [0, 0.1) is 0 Å². The van der Waals surface area contributed by atoms with E-state index in [2.05, 4.69) is 52.3 Å². The first-order valence-corrected chi connectivity index (χ1v) is 8.69. The van der Waals surface area contributed by atoms with Crippen LogP contribution in [0.3, 0.4) is 0 Å². The molecular formula is C21H29N3O2. The SMILES string of the molecule is CC(C)(C)c1cc(Nc2ccc(C(=O)NN)cc2)cc(C(C)(C)C)c1O. The summed E-state index contributed by atoms with van der Waals surface area (Å²) >= 11 is 0. The minimum absolute atomic E-state index is 0.190. The number of nitrogens with one attached hydrogen (secondary N) is 2. The van der Waals surface area contributed by atoms with Crippen LogP contribution in [-0.4, -0.2) is 11.0 Å². The average molecular weight is 355 g/mol. The highest BCUT2D eigenvalue weighted by Gasteiger charge is 2.26. The van der Waals surface area contributed by atoms with E-state index in [4.69, 9.17) is 5.84 Å². The van der Waals surface area contributed by atoms with E-state index in [-0.39, 0.29) is 16.7 Å². The van der Waals surface area contributed by atoms with E-state index in [0.717, 1.165) is 22.5 Å². The highest BCUT2D eigenvalue weighted by Crippen LogP contribution is 2.41. The molecule has 5 nitrogen and oxygen atoms in total. The molecule has 0 unspecified atom stereocenters. The number of phenols is 1. The Kier molecular flexibility index (Phi) is 5.33.